The zero-order valence-electron chi connectivity index (χ0n) is 8.92. The van der Waals surface area contributed by atoms with Gasteiger partial charge in [-0.05, 0) is 12.2 Å². The van der Waals surface area contributed by atoms with E-state index in [9.17, 15) is 18.0 Å². The van der Waals surface area contributed by atoms with E-state index in [2.05, 4.69) is 17.9 Å². The van der Waals surface area contributed by atoms with Crippen LogP contribution < -0.4 is 0 Å². The molecule has 0 aliphatic carbocycles. The number of aliphatic carboxylic acids is 1. The average Bonchev–Trinajstić information content (AvgIpc) is 2.25. The minimum absolute atomic E-state index is 0.0576. The van der Waals surface area contributed by atoms with Gasteiger partial charge in [-0.25, -0.2) is 4.79 Å². The lowest BCUT2D eigenvalue weighted by atomic mass is 10.0. The van der Waals surface area contributed by atoms with Crippen molar-refractivity contribution >= 4 is 17.6 Å². The Hall–Kier alpha value is -1.69. The fourth-order valence-electron chi connectivity index (χ4n) is 1.31. The van der Waals surface area contributed by atoms with Crippen molar-refractivity contribution in [2.45, 2.75) is 12.3 Å². The van der Waals surface area contributed by atoms with Crippen molar-refractivity contribution in [3.05, 3.63) is 47.2 Å². The maximum atomic E-state index is 12.7. The van der Waals surface area contributed by atoms with Crippen LogP contribution in [0.2, 0.25) is 0 Å². The first-order valence-corrected chi connectivity index (χ1v) is 4.96. The summed E-state index contributed by atoms with van der Waals surface area (Å²) in [6.45, 7) is 6.67. The predicted molar refractivity (Wildman–Crippen MR) is 58.9 cm³/mol. The molecule has 0 saturated heterocycles. The Morgan fingerprint density at radius 3 is 2.50 bits per heavy atom. The Morgan fingerprint density at radius 2 is 2.11 bits per heavy atom. The zero-order chi connectivity index (χ0) is 14.1. The molecule has 0 aromatic rings. The second kappa shape index (κ2) is 4.89. The van der Waals surface area contributed by atoms with Crippen LogP contribution in [-0.2, 0) is 9.53 Å². The summed E-state index contributed by atoms with van der Waals surface area (Å²) in [6.07, 6.45) is -5.58. The van der Waals surface area contributed by atoms with E-state index in [0.29, 0.717) is 0 Å². The quantitative estimate of drug-likeness (QED) is 0.845. The summed E-state index contributed by atoms with van der Waals surface area (Å²) in [7, 11) is 0. The molecule has 1 rings (SSSR count). The number of allylic oxidation sites excluding steroid dienone is 3. The number of rotatable bonds is 2. The molecule has 1 aliphatic heterocycles. The van der Waals surface area contributed by atoms with E-state index in [1.165, 1.54) is 0 Å². The van der Waals surface area contributed by atoms with E-state index in [1.807, 2.05) is 0 Å². The number of hydrogen-bond donors (Lipinski definition) is 1. The maximum absolute atomic E-state index is 12.7. The van der Waals surface area contributed by atoms with Gasteiger partial charge in [0, 0.05) is 5.57 Å². The second-order valence-electron chi connectivity index (χ2n) is 3.35. The van der Waals surface area contributed by atoms with Gasteiger partial charge in [-0.2, -0.15) is 13.2 Å². The lowest BCUT2D eigenvalue weighted by Crippen LogP contribution is -2.38. The molecule has 0 aromatic heterocycles. The molecule has 1 unspecified atom stereocenters. The third-order valence-corrected chi connectivity index (χ3v) is 2.41. The number of halogens is 4. The van der Waals surface area contributed by atoms with Gasteiger partial charge in [0.1, 0.15) is 5.76 Å². The summed E-state index contributed by atoms with van der Waals surface area (Å²) in [5.74, 6) is -2.06. The SMILES string of the molecule is C=C/C(Cl)=C1/OC(C(F)(F)F)C(C(=O)O)=CC1=C. The summed E-state index contributed by atoms with van der Waals surface area (Å²) >= 11 is 5.61. The van der Waals surface area contributed by atoms with Crippen LogP contribution in [0.1, 0.15) is 0 Å². The molecular formula is C11H8ClF3O3. The molecule has 98 valence electrons. The van der Waals surface area contributed by atoms with E-state index in [1.54, 1.807) is 0 Å². The van der Waals surface area contributed by atoms with Crippen molar-refractivity contribution in [3.63, 3.8) is 0 Å². The number of carboxylic acid groups (broad SMARTS) is 1. The maximum Gasteiger partial charge on any atom is 0.430 e. The first-order valence-electron chi connectivity index (χ1n) is 4.58. The fraction of sp³-hybridized carbons (Fsp3) is 0.182. The molecule has 0 saturated carbocycles. The smallest absolute Gasteiger partial charge is 0.430 e. The standard InChI is InChI=1S/C11H8ClF3O3/c1-3-7(12)8-5(2)4-6(10(16)17)9(18-8)11(13,14)15/h3-4,9H,1-2H2,(H,16,17)/b8-7-. The zero-order valence-corrected chi connectivity index (χ0v) is 9.68. The highest BCUT2D eigenvalue weighted by Crippen LogP contribution is 2.37. The van der Waals surface area contributed by atoms with E-state index in [-0.39, 0.29) is 16.4 Å². The molecule has 7 heteroatoms. The van der Waals surface area contributed by atoms with Crippen molar-refractivity contribution in [3.8, 4) is 0 Å². The summed E-state index contributed by atoms with van der Waals surface area (Å²) in [6, 6.07) is 0. The van der Waals surface area contributed by atoms with Gasteiger partial charge in [0.05, 0.1) is 10.6 Å². The van der Waals surface area contributed by atoms with Crippen LogP contribution in [0, 0.1) is 0 Å². The number of carboxylic acids is 1. The lowest BCUT2D eigenvalue weighted by Gasteiger charge is -2.28. The van der Waals surface area contributed by atoms with E-state index in [0.717, 1.165) is 12.2 Å². The van der Waals surface area contributed by atoms with Crippen LogP contribution in [0.5, 0.6) is 0 Å². The fourth-order valence-corrected chi connectivity index (χ4v) is 1.47. The molecule has 1 heterocycles. The summed E-state index contributed by atoms with van der Waals surface area (Å²) < 4.78 is 42.6. The molecule has 1 atom stereocenters. The monoisotopic (exact) mass is 280 g/mol. The van der Waals surface area contributed by atoms with Gasteiger partial charge in [-0.15, -0.1) is 0 Å². The highest BCUT2D eigenvalue weighted by atomic mass is 35.5. The lowest BCUT2D eigenvalue weighted by molar-refractivity contribution is -0.200. The molecule has 0 fully saturated rings. The Morgan fingerprint density at radius 1 is 1.56 bits per heavy atom. The Bertz CT molecular complexity index is 474. The largest absolute Gasteiger partial charge is 0.478 e. The summed E-state index contributed by atoms with van der Waals surface area (Å²) in [5, 5.41) is 8.54. The van der Waals surface area contributed by atoms with Crippen molar-refractivity contribution in [1.29, 1.82) is 0 Å². The van der Waals surface area contributed by atoms with Crippen LogP contribution in [0.4, 0.5) is 13.2 Å². The van der Waals surface area contributed by atoms with Gasteiger partial charge >= 0.3 is 12.1 Å². The third-order valence-electron chi connectivity index (χ3n) is 2.08. The van der Waals surface area contributed by atoms with Crippen molar-refractivity contribution in [2.75, 3.05) is 0 Å². The first kappa shape index (κ1) is 14.4. The number of alkyl halides is 3. The number of ether oxygens (including phenoxy) is 1. The van der Waals surface area contributed by atoms with Crippen LogP contribution in [0.15, 0.2) is 47.2 Å². The van der Waals surface area contributed by atoms with E-state index in [4.69, 9.17) is 16.7 Å². The van der Waals surface area contributed by atoms with Gasteiger partial charge < -0.3 is 9.84 Å². The van der Waals surface area contributed by atoms with Crippen molar-refractivity contribution in [2.24, 2.45) is 0 Å². The molecule has 0 amide bonds. The highest BCUT2D eigenvalue weighted by molar-refractivity contribution is 6.31. The highest BCUT2D eigenvalue weighted by Gasteiger charge is 2.49. The number of carbonyl (C=O) groups is 1. The molecule has 0 bridgehead atoms. The van der Waals surface area contributed by atoms with Gasteiger partial charge in [-0.1, -0.05) is 24.8 Å². The minimum atomic E-state index is -4.87. The molecule has 0 spiro atoms. The predicted octanol–water partition coefficient (Wildman–Crippen LogP) is 3.15. The molecule has 0 radical (unpaired) electrons. The van der Waals surface area contributed by atoms with Gasteiger partial charge in [0.25, 0.3) is 0 Å². The van der Waals surface area contributed by atoms with Crippen LogP contribution in [0.3, 0.4) is 0 Å². The minimum Gasteiger partial charge on any atom is -0.478 e. The Labute approximate surface area is 105 Å². The van der Waals surface area contributed by atoms with Gasteiger partial charge in [-0.3, -0.25) is 0 Å². The van der Waals surface area contributed by atoms with Crippen LogP contribution in [0.25, 0.3) is 0 Å². The van der Waals surface area contributed by atoms with Gasteiger partial charge in [0.2, 0.25) is 6.10 Å². The second-order valence-corrected chi connectivity index (χ2v) is 3.76. The first-order chi connectivity index (χ1) is 8.18. The Balaban J connectivity index is 3.35. The van der Waals surface area contributed by atoms with E-state index < -0.39 is 23.8 Å². The molecule has 1 aliphatic rings. The van der Waals surface area contributed by atoms with Crippen molar-refractivity contribution in [1.82, 2.24) is 0 Å². The van der Waals surface area contributed by atoms with Gasteiger partial charge in [0.15, 0.2) is 0 Å². The molecule has 18 heavy (non-hydrogen) atoms. The number of hydrogen-bond acceptors (Lipinski definition) is 2. The Kier molecular flexibility index (Phi) is 3.91. The normalized spacial score (nSPS) is 23.0. The summed E-state index contributed by atoms with van der Waals surface area (Å²) in [4.78, 5) is 10.7. The third kappa shape index (κ3) is 2.76. The molecular weight excluding hydrogens is 273 g/mol. The average molecular weight is 281 g/mol. The van der Waals surface area contributed by atoms with Crippen LogP contribution >= 0.6 is 11.6 Å². The molecule has 3 nitrogen and oxygen atoms in total. The summed E-state index contributed by atoms with van der Waals surface area (Å²) in [5.41, 5.74) is -0.998. The van der Waals surface area contributed by atoms with Crippen LogP contribution in [-0.4, -0.2) is 23.4 Å². The van der Waals surface area contributed by atoms with Crippen molar-refractivity contribution < 1.29 is 27.8 Å². The van der Waals surface area contributed by atoms with E-state index >= 15 is 0 Å². The topological polar surface area (TPSA) is 46.5 Å². The molecule has 0 aromatic carbocycles. The molecule has 1 N–H and O–H groups in total.